The van der Waals surface area contributed by atoms with Crippen molar-refractivity contribution in [3.8, 4) is 0 Å². The van der Waals surface area contributed by atoms with Crippen molar-refractivity contribution >= 4 is 34.5 Å². The van der Waals surface area contributed by atoms with E-state index >= 15 is 0 Å². The van der Waals surface area contributed by atoms with Gasteiger partial charge >= 0.3 is 5.97 Å². The number of aromatic nitrogens is 2. The first kappa shape index (κ1) is 23.4. The molecule has 0 unspecified atom stereocenters. The van der Waals surface area contributed by atoms with Crippen LogP contribution in [-0.4, -0.2) is 39.2 Å². The predicted molar refractivity (Wildman–Crippen MR) is 122 cm³/mol. The minimum Gasteiger partial charge on any atom is -0.454 e. The highest BCUT2D eigenvalue weighted by Crippen LogP contribution is 2.20. The van der Waals surface area contributed by atoms with Gasteiger partial charge in [-0.05, 0) is 30.5 Å². The van der Waals surface area contributed by atoms with Crippen molar-refractivity contribution in [3.05, 3.63) is 83.7 Å². The Kier molecular flexibility index (Phi) is 8.30. The largest absolute Gasteiger partial charge is 0.454 e. The molecule has 0 saturated heterocycles. The van der Waals surface area contributed by atoms with Crippen LogP contribution in [0.25, 0.3) is 11.0 Å². The Morgan fingerprint density at radius 3 is 2.47 bits per heavy atom. The molecule has 0 aliphatic carbocycles. The van der Waals surface area contributed by atoms with Gasteiger partial charge < -0.3 is 15.6 Å². The average molecular weight is 454 g/mol. The van der Waals surface area contributed by atoms with Crippen molar-refractivity contribution in [2.24, 2.45) is 11.7 Å². The van der Waals surface area contributed by atoms with Crippen LogP contribution in [0.1, 0.15) is 28.9 Å². The summed E-state index contributed by atoms with van der Waals surface area (Å²) in [5.41, 5.74) is 8.88. The second kappa shape index (κ2) is 11.4. The summed E-state index contributed by atoms with van der Waals surface area (Å²) in [6.07, 6.45) is 1.43. The van der Waals surface area contributed by atoms with Gasteiger partial charge in [-0.1, -0.05) is 60.1 Å². The van der Waals surface area contributed by atoms with Gasteiger partial charge in [0.25, 0.3) is 0 Å². The summed E-state index contributed by atoms with van der Waals surface area (Å²) in [5, 5.41) is 10.9. The summed E-state index contributed by atoms with van der Waals surface area (Å²) in [7, 11) is 0. The smallest absolute Gasteiger partial charge is 0.358 e. The van der Waals surface area contributed by atoms with Crippen LogP contribution in [0.15, 0.2) is 72.4 Å². The molecule has 0 aliphatic rings. The van der Waals surface area contributed by atoms with Gasteiger partial charge in [0, 0.05) is 17.9 Å². The first-order valence-corrected chi connectivity index (χ1v) is 10.6. The highest BCUT2D eigenvalue weighted by Gasteiger charge is 2.29. The quantitative estimate of drug-likeness (QED) is 0.454. The van der Waals surface area contributed by atoms with E-state index in [4.69, 9.17) is 22.1 Å². The van der Waals surface area contributed by atoms with Crippen LogP contribution in [-0.2, 0) is 16.0 Å². The molecule has 166 valence electrons. The van der Waals surface area contributed by atoms with Crippen LogP contribution in [0, 0.1) is 5.92 Å². The lowest BCUT2D eigenvalue weighted by molar-refractivity contribution is -0.123. The number of esters is 1. The molecule has 2 aromatic carbocycles. The van der Waals surface area contributed by atoms with Gasteiger partial charge in [-0.15, -0.1) is 0 Å². The van der Waals surface area contributed by atoms with Crippen LogP contribution in [0.2, 0.25) is 0 Å². The van der Waals surface area contributed by atoms with E-state index in [1.807, 2.05) is 36.4 Å². The highest BCUT2D eigenvalue weighted by atomic mass is 35.5. The molecule has 0 aliphatic heterocycles. The van der Waals surface area contributed by atoms with Gasteiger partial charge in [0.1, 0.15) is 6.10 Å². The zero-order valence-corrected chi connectivity index (χ0v) is 18.1. The predicted octanol–water partition coefficient (Wildman–Crippen LogP) is 3.39. The van der Waals surface area contributed by atoms with Crippen molar-refractivity contribution in [3.63, 3.8) is 0 Å². The number of benzene rings is 2. The normalized spacial score (nSPS) is 14.2. The molecule has 3 N–H and O–H groups in total. The van der Waals surface area contributed by atoms with E-state index in [-0.39, 0.29) is 25.0 Å². The summed E-state index contributed by atoms with van der Waals surface area (Å²) in [4.78, 5) is 33.2. The molecule has 0 saturated carbocycles. The molecule has 1 aromatic heterocycles. The van der Waals surface area contributed by atoms with Crippen LogP contribution < -0.4 is 5.73 Å². The Balaban J connectivity index is 1.80. The number of halogens is 1. The third-order valence-electron chi connectivity index (χ3n) is 5.06. The number of rotatable bonds is 10. The molecule has 8 heteroatoms. The lowest BCUT2D eigenvalue weighted by Gasteiger charge is -2.25. The van der Waals surface area contributed by atoms with Gasteiger partial charge in [0.05, 0.1) is 23.3 Å². The molecule has 0 bridgehead atoms. The Bertz CT molecular complexity index is 1090. The topological polar surface area (TPSA) is 115 Å². The lowest BCUT2D eigenvalue weighted by Crippen LogP contribution is -2.37. The summed E-state index contributed by atoms with van der Waals surface area (Å²) < 4.78 is 5.65. The molecule has 32 heavy (non-hydrogen) atoms. The maximum atomic E-state index is 12.8. The number of allylic oxidation sites excluding steroid dienone is 1. The molecule has 0 radical (unpaired) electrons. The van der Waals surface area contributed by atoms with E-state index in [0.717, 1.165) is 5.56 Å². The van der Waals surface area contributed by atoms with Crippen molar-refractivity contribution < 1.29 is 19.4 Å². The maximum Gasteiger partial charge on any atom is 0.358 e. The number of hydrogen-bond donors (Lipinski definition) is 2. The second-order valence-electron chi connectivity index (χ2n) is 7.38. The molecule has 3 rings (SSSR count). The molecule has 3 aromatic rings. The number of carbonyl (C=O) groups is 2. The summed E-state index contributed by atoms with van der Waals surface area (Å²) in [6, 6.07) is 16.5. The van der Waals surface area contributed by atoms with Gasteiger partial charge in [-0.25, -0.2) is 9.78 Å². The van der Waals surface area contributed by atoms with Gasteiger partial charge in [-0.2, -0.15) is 0 Å². The van der Waals surface area contributed by atoms with Crippen LogP contribution in [0.5, 0.6) is 0 Å². The Morgan fingerprint density at radius 1 is 1.09 bits per heavy atom. The number of ether oxygens (including phenoxy) is 1. The van der Waals surface area contributed by atoms with E-state index < -0.39 is 30.0 Å². The molecule has 3 atom stereocenters. The Hall–Kier alpha value is -3.29. The van der Waals surface area contributed by atoms with Crippen molar-refractivity contribution in [2.45, 2.75) is 31.5 Å². The third-order valence-corrected chi connectivity index (χ3v) is 5.24. The molecule has 1 amide bonds. The monoisotopic (exact) mass is 453 g/mol. The number of hydrogen-bond acceptors (Lipinski definition) is 6. The van der Waals surface area contributed by atoms with Crippen molar-refractivity contribution in [1.29, 1.82) is 0 Å². The SMILES string of the molecule is NC(=O)[C@H](CC=CCl)C[C@H](O)[C@H](Cc1ccccc1)OC(=O)c1cnc2ccccc2n1. The number of primary amides is 1. The van der Waals surface area contributed by atoms with E-state index in [1.165, 1.54) is 11.7 Å². The first-order chi connectivity index (χ1) is 15.5. The molecule has 7 nitrogen and oxygen atoms in total. The zero-order valence-electron chi connectivity index (χ0n) is 17.3. The number of carbonyl (C=O) groups excluding carboxylic acids is 2. The fraction of sp³-hybridized carbons (Fsp3) is 0.250. The molecule has 1 heterocycles. The Morgan fingerprint density at radius 2 is 1.78 bits per heavy atom. The second-order valence-corrected chi connectivity index (χ2v) is 7.63. The van der Waals surface area contributed by atoms with Crippen LogP contribution in [0.4, 0.5) is 0 Å². The minimum atomic E-state index is -1.13. The average Bonchev–Trinajstić information content (AvgIpc) is 2.81. The van der Waals surface area contributed by atoms with E-state index in [2.05, 4.69) is 9.97 Å². The Labute approximate surface area is 190 Å². The van der Waals surface area contributed by atoms with Crippen molar-refractivity contribution in [2.75, 3.05) is 0 Å². The maximum absolute atomic E-state index is 12.8. The number of nitrogens with two attached hydrogens (primary N) is 1. The molecule has 0 fully saturated rings. The van der Waals surface area contributed by atoms with Gasteiger partial charge in [0.2, 0.25) is 5.91 Å². The molecule has 0 spiro atoms. The van der Waals surface area contributed by atoms with E-state index in [0.29, 0.717) is 11.0 Å². The number of amides is 1. The van der Waals surface area contributed by atoms with Crippen molar-refractivity contribution in [1.82, 2.24) is 9.97 Å². The fourth-order valence-electron chi connectivity index (χ4n) is 3.34. The zero-order chi connectivity index (χ0) is 22.9. The number of para-hydroxylation sites is 2. The van der Waals surface area contributed by atoms with Crippen LogP contribution in [0.3, 0.4) is 0 Å². The number of aliphatic hydroxyl groups excluding tert-OH is 1. The number of fused-ring (bicyclic) bond motifs is 1. The molecular formula is C24H24ClN3O4. The standard InChI is InChI=1S/C24H24ClN3O4/c25-12-6-9-17(23(26)30)14-21(29)22(13-16-7-2-1-3-8-16)32-24(31)20-15-27-18-10-4-5-11-19(18)28-20/h1-8,10-12,15,17,21-22,29H,9,13-14H2,(H2,26,30)/t17-,21+,22+/m1/s1. The van der Waals surface area contributed by atoms with Gasteiger partial charge in [0.15, 0.2) is 5.69 Å². The summed E-state index contributed by atoms with van der Waals surface area (Å²) in [5.74, 6) is -1.93. The van der Waals surface area contributed by atoms with Crippen LogP contribution >= 0.6 is 11.6 Å². The van der Waals surface area contributed by atoms with E-state index in [1.54, 1.807) is 24.3 Å². The van der Waals surface area contributed by atoms with E-state index in [9.17, 15) is 14.7 Å². The van der Waals surface area contributed by atoms with Gasteiger partial charge in [-0.3, -0.25) is 9.78 Å². The highest BCUT2D eigenvalue weighted by molar-refractivity contribution is 6.25. The lowest BCUT2D eigenvalue weighted by atomic mass is 9.92. The number of aliphatic hydroxyl groups is 1. The number of nitrogens with zero attached hydrogens (tertiary/aromatic N) is 2. The fourth-order valence-corrected chi connectivity index (χ4v) is 3.45. The summed E-state index contributed by atoms with van der Waals surface area (Å²) in [6.45, 7) is 0. The third kappa shape index (κ3) is 6.35. The minimum absolute atomic E-state index is 0.0186. The first-order valence-electron chi connectivity index (χ1n) is 10.2. The molecular weight excluding hydrogens is 430 g/mol. The summed E-state index contributed by atoms with van der Waals surface area (Å²) >= 11 is 5.56.